The van der Waals surface area contributed by atoms with Crippen LogP contribution in [-0.2, 0) is 9.84 Å². The SMILES string of the molecule is C=CCC(CNC(C)c1ccccc1)S(=O)(=O)c1ccccc1. The Morgan fingerprint density at radius 2 is 1.61 bits per heavy atom. The molecule has 4 heteroatoms. The molecule has 3 nitrogen and oxygen atoms in total. The quantitative estimate of drug-likeness (QED) is 0.750. The molecule has 0 saturated carbocycles. The van der Waals surface area contributed by atoms with E-state index in [0.717, 1.165) is 5.56 Å². The molecule has 0 aliphatic rings. The van der Waals surface area contributed by atoms with Crippen molar-refractivity contribution in [1.82, 2.24) is 5.32 Å². The van der Waals surface area contributed by atoms with Crippen LogP contribution in [0.5, 0.6) is 0 Å². The van der Waals surface area contributed by atoms with Crippen molar-refractivity contribution in [3.63, 3.8) is 0 Å². The summed E-state index contributed by atoms with van der Waals surface area (Å²) >= 11 is 0. The minimum atomic E-state index is -3.37. The first-order valence-electron chi connectivity index (χ1n) is 7.74. The van der Waals surface area contributed by atoms with Crippen molar-refractivity contribution in [3.8, 4) is 0 Å². The maximum Gasteiger partial charge on any atom is 0.182 e. The highest BCUT2D eigenvalue weighted by Crippen LogP contribution is 2.19. The first-order valence-corrected chi connectivity index (χ1v) is 9.28. The standard InChI is InChI=1S/C19H23NO2S/c1-3-10-19(23(21,22)18-13-8-5-9-14-18)15-20-16(2)17-11-6-4-7-12-17/h3-9,11-14,16,19-20H,1,10,15H2,2H3. The van der Waals surface area contributed by atoms with Crippen LogP contribution in [0.4, 0.5) is 0 Å². The summed E-state index contributed by atoms with van der Waals surface area (Å²) in [5, 5.41) is 2.81. The second-order valence-electron chi connectivity index (χ2n) is 5.55. The monoisotopic (exact) mass is 329 g/mol. The lowest BCUT2D eigenvalue weighted by Crippen LogP contribution is -2.34. The Morgan fingerprint density at radius 3 is 2.17 bits per heavy atom. The van der Waals surface area contributed by atoms with E-state index < -0.39 is 15.1 Å². The molecular formula is C19H23NO2S. The molecule has 0 spiro atoms. The highest BCUT2D eigenvalue weighted by molar-refractivity contribution is 7.92. The maximum absolute atomic E-state index is 12.8. The summed E-state index contributed by atoms with van der Waals surface area (Å²) in [6.45, 7) is 6.13. The zero-order chi connectivity index (χ0) is 16.7. The molecule has 0 amide bonds. The van der Waals surface area contributed by atoms with Gasteiger partial charge in [-0.2, -0.15) is 0 Å². The van der Waals surface area contributed by atoms with Crippen LogP contribution in [0.15, 0.2) is 78.2 Å². The van der Waals surface area contributed by atoms with Gasteiger partial charge in [0.25, 0.3) is 0 Å². The van der Waals surface area contributed by atoms with Crippen LogP contribution < -0.4 is 5.32 Å². The molecule has 23 heavy (non-hydrogen) atoms. The average molecular weight is 329 g/mol. The van der Waals surface area contributed by atoms with Crippen molar-refractivity contribution in [2.45, 2.75) is 29.5 Å². The fraction of sp³-hybridized carbons (Fsp3) is 0.263. The van der Waals surface area contributed by atoms with E-state index in [-0.39, 0.29) is 6.04 Å². The molecule has 0 saturated heterocycles. The first kappa shape index (κ1) is 17.4. The number of allylic oxidation sites excluding steroid dienone is 1. The molecule has 0 aliphatic carbocycles. The summed E-state index contributed by atoms with van der Waals surface area (Å²) in [5.41, 5.74) is 1.14. The van der Waals surface area contributed by atoms with Crippen molar-refractivity contribution in [3.05, 3.63) is 78.9 Å². The molecule has 2 unspecified atom stereocenters. The maximum atomic E-state index is 12.8. The fourth-order valence-corrected chi connectivity index (χ4v) is 4.10. The van der Waals surface area contributed by atoms with Crippen molar-refractivity contribution < 1.29 is 8.42 Å². The largest absolute Gasteiger partial charge is 0.309 e. The molecule has 0 bridgehead atoms. The smallest absolute Gasteiger partial charge is 0.182 e. The third-order valence-corrected chi connectivity index (χ3v) is 6.06. The number of rotatable bonds is 8. The van der Waals surface area contributed by atoms with Crippen LogP contribution >= 0.6 is 0 Å². The van der Waals surface area contributed by atoms with Gasteiger partial charge in [-0.15, -0.1) is 6.58 Å². The molecule has 0 fully saturated rings. The van der Waals surface area contributed by atoms with Crippen LogP contribution in [-0.4, -0.2) is 20.2 Å². The summed E-state index contributed by atoms with van der Waals surface area (Å²) in [4.78, 5) is 0.362. The van der Waals surface area contributed by atoms with Gasteiger partial charge in [0.1, 0.15) is 0 Å². The second-order valence-corrected chi connectivity index (χ2v) is 7.77. The highest BCUT2D eigenvalue weighted by atomic mass is 32.2. The number of hydrogen-bond donors (Lipinski definition) is 1. The molecule has 2 atom stereocenters. The Bertz CT molecular complexity index is 712. The summed E-state index contributed by atoms with van der Waals surface area (Å²) < 4.78 is 25.6. The third kappa shape index (κ3) is 4.53. The van der Waals surface area contributed by atoms with Crippen molar-refractivity contribution >= 4 is 9.84 Å². The Morgan fingerprint density at radius 1 is 1.04 bits per heavy atom. The Balaban J connectivity index is 2.11. The molecule has 2 aromatic carbocycles. The zero-order valence-corrected chi connectivity index (χ0v) is 14.2. The molecule has 0 aromatic heterocycles. The molecule has 0 heterocycles. The van der Waals surface area contributed by atoms with E-state index in [4.69, 9.17) is 0 Å². The number of nitrogens with one attached hydrogen (secondary N) is 1. The lowest BCUT2D eigenvalue weighted by atomic mass is 10.1. The van der Waals surface area contributed by atoms with E-state index in [1.54, 1.807) is 30.3 Å². The van der Waals surface area contributed by atoms with Gasteiger partial charge in [-0.3, -0.25) is 0 Å². The molecule has 1 N–H and O–H groups in total. The minimum Gasteiger partial charge on any atom is -0.309 e. The normalized spacial score (nSPS) is 14.1. The molecular weight excluding hydrogens is 306 g/mol. The molecule has 2 rings (SSSR count). The van der Waals surface area contributed by atoms with Gasteiger partial charge < -0.3 is 5.32 Å². The van der Waals surface area contributed by atoms with Gasteiger partial charge in [0.2, 0.25) is 0 Å². The molecule has 0 radical (unpaired) electrons. The predicted octanol–water partition coefficient (Wildman–Crippen LogP) is 3.76. The topological polar surface area (TPSA) is 46.2 Å². The van der Waals surface area contributed by atoms with Crippen LogP contribution in [0.3, 0.4) is 0 Å². The van der Waals surface area contributed by atoms with Gasteiger partial charge in [-0.25, -0.2) is 8.42 Å². The van der Waals surface area contributed by atoms with E-state index in [0.29, 0.717) is 17.9 Å². The average Bonchev–Trinajstić information content (AvgIpc) is 2.59. The summed E-state index contributed by atoms with van der Waals surface area (Å²) in [7, 11) is -3.37. The highest BCUT2D eigenvalue weighted by Gasteiger charge is 2.26. The van der Waals surface area contributed by atoms with Gasteiger partial charge >= 0.3 is 0 Å². The van der Waals surface area contributed by atoms with E-state index in [1.165, 1.54) is 0 Å². The van der Waals surface area contributed by atoms with E-state index in [1.807, 2.05) is 43.3 Å². The third-order valence-electron chi connectivity index (χ3n) is 3.89. The predicted molar refractivity (Wildman–Crippen MR) is 95.1 cm³/mol. The molecule has 0 aliphatic heterocycles. The fourth-order valence-electron chi connectivity index (χ4n) is 2.48. The Labute approximate surface area is 139 Å². The van der Waals surface area contributed by atoms with Crippen molar-refractivity contribution in [2.24, 2.45) is 0 Å². The van der Waals surface area contributed by atoms with Crippen molar-refractivity contribution in [2.75, 3.05) is 6.54 Å². The summed E-state index contributed by atoms with van der Waals surface area (Å²) in [6, 6.07) is 18.7. The Kier molecular flexibility index (Phi) is 6.13. The van der Waals surface area contributed by atoms with Crippen LogP contribution in [0.2, 0.25) is 0 Å². The van der Waals surface area contributed by atoms with Crippen LogP contribution in [0.25, 0.3) is 0 Å². The zero-order valence-electron chi connectivity index (χ0n) is 13.4. The minimum absolute atomic E-state index is 0.0921. The lowest BCUT2D eigenvalue weighted by molar-refractivity contribution is 0.534. The molecule has 2 aromatic rings. The van der Waals surface area contributed by atoms with E-state index >= 15 is 0 Å². The Hall–Kier alpha value is -1.91. The van der Waals surface area contributed by atoms with Gasteiger partial charge in [-0.1, -0.05) is 54.6 Å². The van der Waals surface area contributed by atoms with E-state index in [9.17, 15) is 8.42 Å². The summed E-state index contributed by atoms with van der Waals surface area (Å²) in [5.74, 6) is 0. The first-order chi connectivity index (χ1) is 11.1. The number of benzene rings is 2. The molecule has 122 valence electrons. The number of sulfone groups is 1. The van der Waals surface area contributed by atoms with E-state index in [2.05, 4.69) is 11.9 Å². The lowest BCUT2D eigenvalue weighted by Gasteiger charge is -2.20. The van der Waals surface area contributed by atoms with Gasteiger partial charge in [0.15, 0.2) is 9.84 Å². The van der Waals surface area contributed by atoms with Gasteiger partial charge in [-0.05, 0) is 31.0 Å². The second kappa shape index (κ2) is 8.09. The van der Waals surface area contributed by atoms with Gasteiger partial charge in [0, 0.05) is 12.6 Å². The van der Waals surface area contributed by atoms with Crippen LogP contribution in [0.1, 0.15) is 24.9 Å². The van der Waals surface area contributed by atoms with Gasteiger partial charge in [0.05, 0.1) is 10.1 Å². The van der Waals surface area contributed by atoms with Crippen LogP contribution in [0, 0.1) is 0 Å². The number of hydrogen-bond acceptors (Lipinski definition) is 3. The summed E-state index contributed by atoms with van der Waals surface area (Å²) in [6.07, 6.45) is 2.09. The van der Waals surface area contributed by atoms with Crippen molar-refractivity contribution in [1.29, 1.82) is 0 Å².